The Kier molecular flexibility index (Phi) is 7.99. The molecule has 1 fully saturated rings. The van der Waals surface area contributed by atoms with Crippen LogP contribution in [0.4, 0.5) is 0 Å². The van der Waals surface area contributed by atoms with Crippen LogP contribution in [-0.4, -0.2) is 48.6 Å². The number of nitrogens with one attached hydrogen (secondary N) is 2. The number of piperidine rings is 1. The van der Waals surface area contributed by atoms with Crippen LogP contribution in [0, 0.1) is 19.8 Å². The zero-order chi connectivity index (χ0) is 17.4. The van der Waals surface area contributed by atoms with Crippen LogP contribution in [0.15, 0.2) is 4.99 Å². The van der Waals surface area contributed by atoms with Crippen LogP contribution in [0.3, 0.4) is 0 Å². The van der Waals surface area contributed by atoms with Crippen LogP contribution >= 0.6 is 11.3 Å². The van der Waals surface area contributed by atoms with Crippen LogP contribution < -0.4 is 10.6 Å². The maximum Gasteiger partial charge on any atom is 0.191 e. The fourth-order valence-electron chi connectivity index (χ4n) is 3.21. The van der Waals surface area contributed by atoms with Gasteiger partial charge in [-0.2, -0.15) is 0 Å². The summed E-state index contributed by atoms with van der Waals surface area (Å²) >= 11 is 1.74. The molecule has 0 radical (unpaired) electrons. The van der Waals surface area contributed by atoms with Gasteiger partial charge in [0.15, 0.2) is 5.96 Å². The molecule has 24 heavy (non-hydrogen) atoms. The van der Waals surface area contributed by atoms with E-state index in [0.717, 1.165) is 42.1 Å². The highest BCUT2D eigenvalue weighted by atomic mass is 32.1. The molecule has 1 saturated heterocycles. The summed E-state index contributed by atoms with van der Waals surface area (Å²) in [6.45, 7) is 14.9. The predicted molar refractivity (Wildman–Crippen MR) is 104 cm³/mol. The van der Waals surface area contributed by atoms with Crippen molar-refractivity contribution in [2.24, 2.45) is 10.9 Å². The number of likely N-dealkylation sites (tertiary alicyclic amines) is 1. The first-order valence-electron chi connectivity index (χ1n) is 9.26. The second kappa shape index (κ2) is 9.99. The maximum atomic E-state index is 4.71. The zero-order valence-electron chi connectivity index (χ0n) is 15.7. The SMILES string of the molecule is CCNC(=NCc1sc(C)nc1C)NCCCN1CCCC(C)C1. The monoisotopic (exact) mass is 351 g/mol. The van der Waals surface area contributed by atoms with E-state index >= 15 is 0 Å². The van der Waals surface area contributed by atoms with Crippen LogP contribution in [-0.2, 0) is 6.54 Å². The molecule has 0 bridgehead atoms. The lowest BCUT2D eigenvalue weighted by Gasteiger charge is -2.30. The fourth-order valence-corrected chi connectivity index (χ4v) is 4.07. The molecule has 0 aromatic carbocycles. The third-order valence-corrected chi connectivity index (χ3v) is 5.47. The number of hydrogen-bond donors (Lipinski definition) is 2. The highest BCUT2D eigenvalue weighted by Crippen LogP contribution is 2.18. The van der Waals surface area contributed by atoms with Crippen molar-refractivity contribution in [3.63, 3.8) is 0 Å². The normalized spacial score (nSPS) is 19.5. The van der Waals surface area contributed by atoms with Crippen molar-refractivity contribution in [3.8, 4) is 0 Å². The minimum absolute atomic E-state index is 0.705. The molecule has 1 unspecified atom stereocenters. The second-order valence-electron chi connectivity index (χ2n) is 6.76. The van der Waals surface area contributed by atoms with E-state index in [1.165, 1.54) is 37.4 Å². The van der Waals surface area contributed by atoms with Crippen molar-refractivity contribution in [3.05, 3.63) is 15.6 Å². The minimum Gasteiger partial charge on any atom is -0.357 e. The third kappa shape index (κ3) is 6.40. The first-order chi connectivity index (χ1) is 11.6. The summed E-state index contributed by atoms with van der Waals surface area (Å²) in [5.41, 5.74) is 1.11. The van der Waals surface area contributed by atoms with E-state index in [2.05, 4.69) is 48.2 Å². The first kappa shape index (κ1) is 19.2. The molecule has 136 valence electrons. The topological polar surface area (TPSA) is 52.6 Å². The number of aryl methyl sites for hydroxylation is 2. The number of hydrogen-bond acceptors (Lipinski definition) is 4. The molecule has 2 N–H and O–H groups in total. The molecule has 0 aliphatic carbocycles. The number of aromatic nitrogens is 1. The number of nitrogens with zero attached hydrogens (tertiary/aromatic N) is 3. The van der Waals surface area contributed by atoms with Gasteiger partial charge < -0.3 is 15.5 Å². The van der Waals surface area contributed by atoms with E-state index in [0.29, 0.717) is 6.54 Å². The molecule has 0 amide bonds. The van der Waals surface area contributed by atoms with E-state index in [1.807, 2.05) is 0 Å². The zero-order valence-corrected chi connectivity index (χ0v) is 16.5. The van der Waals surface area contributed by atoms with Crippen molar-refractivity contribution >= 4 is 17.3 Å². The molecular weight excluding hydrogens is 318 g/mol. The molecule has 5 nitrogen and oxygen atoms in total. The van der Waals surface area contributed by atoms with Gasteiger partial charge in [0, 0.05) is 24.5 Å². The smallest absolute Gasteiger partial charge is 0.191 e. The lowest BCUT2D eigenvalue weighted by Crippen LogP contribution is -2.40. The molecular formula is C18H33N5S. The number of thiazole rings is 1. The summed E-state index contributed by atoms with van der Waals surface area (Å²) in [7, 11) is 0. The Hall–Kier alpha value is -1.14. The largest absolute Gasteiger partial charge is 0.357 e. The molecule has 6 heteroatoms. The summed E-state index contributed by atoms with van der Waals surface area (Å²) in [6, 6.07) is 0. The van der Waals surface area contributed by atoms with Crippen LogP contribution in [0.5, 0.6) is 0 Å². The first-order valence-corrected chi connectivity index (χ1v) is 10.1. The molecule has 1 aromatic rings. The van der Waals surface area contributed by atoms with Gasteiger partial charge in [-0.3, -0.25) is 0 Å². The Morgan fingerprint density at radius 3 is 2.88 bits per heavy atom. The van der Waals surface area contributed by atoms with Gasteiger partial charge in [0.1, 0.15) is 0 Å². The molecule has 1 aromatic heterocycles. The van der Waals surface area contributed by atoms with Crippen LogP contribution in [0.1, 0.15) is 48.7 Å². The lowest BCUT2D eigenvalue weighted by molar-refractivity contribution is 0.182. The third-order valence-electron chi connectivity index (χ3n) is 4.41. The Bertz CT molecular complexity index is 525. The van der Waals surface area contributed by atoms with E-state index in [4.69, 9.17) is 4.99 Å². The number of guanidine groups is 1. The Morgan fingerprint density at radius 2 is 2.21 bits per heavy atom. The summed E-state index contributed by atoms with van der Waals surface area (Å²) in [6.07, 6.45) is 3.91. The van der Waals surface area contributed by atoms with Crippen molar-refractivity contribution in [1.82, 2.24) is 20.5 Å². The molecule has 0 saturated carbocycles. The Balaban J connectivity index is 1.74. The van der Waals surface area contributed by atoms with Gasteiger partial charge >= 0.3 is 0 Å². The predicted octanol–water partition coefficient (Wildman–Crippen LogP) is 2.94. The second-order valence-corrected chi connectivity index (χ2v) is 8.05. The van der Waals surface area contributed by atoms with Crippen LogP contribution in [0.25, 0.3) is 0 Å². The van der Waals surface area contributed by atoms with Crippen molar-refractivity contribution in [2.45, 2.75) is 53.5 Å². The summed E-state index contributed by atoms with van der Waals surface area (Å²) in [5, 5.41) is 7.92. The standard InChI is InChI=1S/C18H33N5S/c1-5-19-18(21-12-17-15(3)22-16(4)24-17)20-9-7-11-23-10-6-8-14(2)13-23/h14H,5-13H2,1-4H3,(H2,19,20,21). The summed E-state index contributed by atoms with van der Waals surface area (Å²) in [4.78, 5) is 13.0. The van der Waals surface area contributed by atoms with Gasteiger partial charge in [-0.25, -0.2) is 9.98 Å². The lowest BCUT2D eigenvalue weighted by atomic mass is 10.0. The molecule has 2 rings (SSSR count). The fraction of sp³-hybridized carbons (Fsp3) is 0.778. The van der Waals surface area contributed by atoms with E-state index < -0.39 is 0 Å². The average molecular weight is 352 g/mol. The van der Waals surface area contributed by atoms with Gasteiger partial charge in [-0.1, -0.05) is 6.92 Å². The van der Waals surface area contributed by atoms with Crippen molar-refractivity contribution < 1.29 is 0 Å². The van der Waals surface area contributed by atoms with E-state index in [-0.39, 0.29) is 0 Å². The summed E-state index contributed by atoms with van der Waals surface area (Å²) in [5.74, 6) is 1.77. The highest BCUT2D eigenvalue weighted by molar-refractivity contribution is 7.11. The van der Waals surface area contributed by atoms with Gasteiger partial charge in [0.05, 0.1) is 17.2 Å². The quantitative estimate of drug-likeness (QED) is 0.450. The van der Waals surface area contributed by atoms with Crippen LogP contribution in [0.2, 0.25) is 0 Å². The van der Waals surface area contributed by atoms with Gasteiger partial charge in [0.2, 0.25) is 0 Å². The maximum absolute atomic E-state index is 4.71. The molecule has 0 spiro atoms. The van der Waals surface area contributed by atoms with Gasteiger partial charge in [-0.05, 0) is 59.0 Å². The Morgan fingerprint density at radius 1 is 1.38 bits per heavy atom. The van der Waals surface area contributed by atoms with Crippen molar-refractivity contribution in [2.75, 3.05) is 32.7 Å². The molecule has 1 aliphatic rings. The number of rotatable bonds is 7. The van der Waals surface area contributed by atoms with E-state index in [9.17, 15) is 0 Å². The highest BCUT2D eigenvalue weighted by Gasteiger charge is 2.15. The summed E-state index contributed by atoms with van der Waals surface area (Å²) < 4.78 is 0. The number of aliphatic imine (C=N–C) groups is 1. The van der Waals surface area contributed by atoms with E-state index in [1.54, 1.807) is 11.3 Å². The van der Waals surface area contributed by atoms with Gasteiger partial charge in [0.25, 0.3) is 0 Å². The van der Waals surface area contributed by atoms with Crippen molar-refractivity contribution in [1.29, 1.82) is 0 Å². The molecule has 2 heterocycles. The average Bonchev–Trinajstić information content (AvgIpc) is 2.87. The Labute approximate surface area is 151 Å². The minimum atomic E-state index is 0.705. The van der Waals surface area contributed by atoms with Gasteiger partial charge in [-0.15, -0.1) is 11.3 Å². The molecule has 1 aliphatic heterocycles. The molecule has 1 atom stereocenters.